The number of carbonyl (C=O) groups is 1. The van der Waals surface area contributed by atoms with E-state index in [2.05, 4.69) is 15.5 Å². The van der Waals surface area contributed by atoms with Gasteiger partial charge in [-0.15, -0.1) is 0 Å². The van der Waals surface area contributed by atoms with Crippen LogP contribution in [0.1, 0.15) is 15.9 Å². The number of nitrogens with zero attached hydrogens (tertiary/aromatic N) is 2. The van der Waals surface area contributed by atoms with Crippen LogP contribution in [-0.4, -0.2) is 22.3 Å². The quantitative estimate of drug-likeness (QED) is 0.653. The summed E-state index contributed by atoms with van der Waals surface area (Å²) in [7, 11) is 0. The molecular formula is C13H10FN3O2. The number of benzene rings is 1. The standard InChI is InChI=1S/C13H10FN3O2/c14-10-5-3-9(4-6-10)8-16-17-12-11(13(18)19)2-1-7-15-12/h1-8H,(H,15,17)(H,18,19). The van der Waals surface area contributed by atoms with Crippen LogP contribution in [0.25, 0.3) is 0 Å². The van der Waals surface area contributed by atoms with Crippen molar-refractivity contribution in [2.24, 2.45) is 5.10 Å². The van der Waals surface area contributed by atoms with Crippen LogP contribution >= 0.6 is 0 Å². The van der Waals surface area contributed by atoms with E-state index in [-0.39, 0.29) is 17.2 Å². The van der Waals surface area contributed by atoms with Crippen molar-refractivity contribution in [1.82, 2.24) is 4.98 Å². The number of anilines is 1. The van der Waals surface area contributed by atoms with Gasteiger partial charge in [0.05, 0.1) is 6.21 Å². The first-order valence-corrected chi connectivity index (χ1v) is 5.40. The van der Waals surface area contributed by atoms with Crippen LogP contribution in [0, 0.1) is 5.82 Å². The first-order chi connectivity index (χ1) is 9.16. The van der Waals surface area contributed by atoms with Gasteiger partial charge in [0.15, 0.2) is 5.82 Å². The topological polar surface area (TPSA) is 74.6 Å². The fourth-order valence-corrected chi connectivity index (χ4v) is 1.38. The van der Waals surface area contributed by atoms with E-state index in [4.69, 9.17) is 5.11 Å². The van der Waals surface area contributed by atoms with Crippen LogP contribution in [-0.2, 0) is 0 Å². The average Bonchev–Trinajstić information content (AvgIpc) is 2.41. The molecule has 2 N–H and O–H groups in total. The highest BCUT2D eigenvalue weighted by Gasteiger charge is 2.08. The van der Waals surface area contributed by atoms with Gasteiger partial charge in [0.1, 0.15) is 11.4 Å². The molecule has 0 aliphatic carbocycles. The zero-order valence-corrected chi connectivity index (χ0v) is 9.75. The Morgan fingerprint density at radius 2 is 2.05 bits per heavy atom. The normalized spacial score (nSPS) is 10.6. The Kier molecular flexibility index (Phi) is 3.82. The largest absolute Gasteiger partial charge is 0.478 e. The van der Waals surface area contributed by atoms with Gasteiger partial charge in [0.2, 0.25) is 0 Å². The van der Waals surface area contributed by atoms with Crippen LogP contribution in [0.3, 0.4) is 0 Å². The molecular weight excluding hydrogens is 249 g/mol. The molecule has 0 amide bonds. The van der Waals surface area contributed by atoms with Crippen molar-refractivity contribution in [3.63, 3.8) is 0 Å². The minimum absolute atomic E-state index is 0.0266. The third kappa shape index (κ3) is 3.35. The van der Waals surface area contributed by atoms with Gasteiger partial charge < -0.3 is 5.11 Å². The Morgan fingerprint density at radius 3 is 2.74 bits per heavy atom. The molecule has 0 bridgehead atoms. The van der Waals surface area contributed by atoms with Crippen molar-refractivity contribution in [3.8, 4) is 0 Å². The highest BCUT2D eigenvalue weighted by Crippen LogP contribution is 2.10. The Balaban J connectivity index is 2.10. The second kappa shape index (κ2) is 5.72. The summed E-state index contributed by atoms with van der Waals surface area (Å²) in [5.74, 6) is -1.27. The number of halogens is 1. The molecule has 1 heterocycles. The summed E-state index contributed by atoms with van der Waals surface area (Å²) in [5.41, 5.74) is 3.25. The molecule has 2 aromatic rings. The van der Waals surface area contributed by atoms with Gasteiger partial charge in [-0.1, -0.05) is 12.1 Å². The monoisotopic (exact) mass is 259 g/mol. The van der Waals surface area contributed by atoms with Gasteiger partial charge in [-0.3, -0.25) is 5.43 Å². The second-order valence-corrected chi connectivity index (χ2v) is 3.63. The molecule has 0 spiro atoms. The molecule has 1 aromatic heterocycles. The van der Waals surface area contributed by atoms with Gasteiger partial charge >= 0.3 is 5.97 Å². The summed E-state index contributed by atoms with van der Waals surface area (Å²) in [6.45, 7) is 0. The molecule has 1 aromatic carbocycles. The molecule has 96 valence electrons. The van der Waals surface area contributed by atoms with Gasteiger partial charge in [-0.2, -0.15) is 5.10 Å². The summed E-state index contributed by atoms with van der Waals surface area (Å²) in [6.07, 6.45) is 2.90. The van der Waals surface area contributed by atoms with Crippen LogP contribution in [0.15, 0.2) is 47.7 Å². The summed E-state index contributed by atoms with van der Waals surface area (Å²) in [6, 6.07) is 8.67. The van der Waals surface area contributed by atoms with Crippen LogP contribution in [0.2, 0.25) is 0 Å². The number of pyridine rings is 1. The minimum Gasteiger partial charge on any atom is -0.478 e. The van der Waals surface area contributed by atoms with Crippen LogP contribution in [0.4, 0.5) is 10.2 Å². The number of rotatable bonds is 4. The summed E-state index contributed by atoms with van der Waals surface area (Å²) < 4.78 is 12.7. The van der Waals surface area contributed by atoms with Crippen molar-refractivity contribution >= 4 is 18.0 Å². The first kappa shape index (κ1) is 12.7. The SMILES string of the molecule is O=C(O)c1cccnc1NN=Cc1ccc(F)cc1. The lowest BCUT2D eigenvalue weighted by Gasteiger charge is -2.02. The summed E-state index contributed by atoms with van der Waals surface area (Å²) in [5, 5.41) is 12.8. The fourth-order valence-electron chi connectivity index (χ4n) is 1.38. The Labute approximate surface area is 108 Å². The first-order valence-electron chi connectivity index (χ1n) is 5.40. The Bertz CT molecular complexity index is 612. The molecule has 19 heavy (non-hydrogen) atoms. The maximum atomic E-state index is 12.7. The van der Waals surface area contributed by atoms with Crippen LogP contribution < -0.4 is 5.43 Å². The lowest BCUT2D eigenvalue weighted by molar-refractivity contribution is 0.0697. The van der Waals surface area contributed by atoms with Crippen molar-refractivity contribution in [2.75, 3.05) is 5.43 Å². The van der Waals surface area contributed by atoms with Gasteiger partial charge in [0, 0.05) is 6.20 Å². The maximum Gasteiger partial charge on any atom is 0.339 e. The van der Waals surface area contributed by atoms with E-state index < -0.39 is 5.97 Å². The number of aromatic nitrogens is 1. The molecule has 0 saturated carbocycles. The Hall–Kier alpha value is -2.76. The Morgan fingerprint density at radius 1 is 1.32 bits per heavy atom. The number of hydrogen-bond donors (Lipinski definition) is 2. The number of hydrogen-bond acceptors (Lipinski definition) is 4. The zero-order chi connectivity index (χ0) is 13.7. The van der Waals surface area contributed by atoms with Crippen LogP contribution in [0.5, 0.6) is 0 Å². The van der Waals surface area contributed by atoms with E-state index in [0.717, 1.165) is 0 Å². The minimum atomic E-state index is -1.09. The predicted octanol–water partition coefficient (Wildman–Crippen LogP) is 2.36. The molecule has 0 radical (unpaired) electrons. The molecule has 0 atom stereocenters. The van der Waals surface area contributed by atoms with Gasteiger partial charge in [-0.25, -0.2) is 14.2 Å². The summed E-state index contributed by atoms with van der Waals surface area (Å²) in [4.78, 5) is 14.8. The lowest BCUT2D eigenvalue weighted by Crippen LogP contribution is -2.04. The van der Waals surface area contributed by atoms with Gasteiger partial charge in [-0.05, 0) is 29.8 Å². The fraction of sp³-hybridized carbons (Fsp3) is 0. The zero-order valence-electron chi connectivity index (χ0n) is 9.75. The molecule has 0 unspecified atom stereocenters. The maximum absolute atomic E-state index is 12.7. The van der Waals surface area contributed by atoms with E-state index >= 15 is 0 Å². The number of carboxylic acids is 1. The van der Waals surface area contributed by atoms with E-state index in [0.29, 0.717) is 5.56 Å². The molecule has 2 rings (SSSR count). The van der Waals surface area contributed by atoms with E-state index in [9.17, 15) is 9.18 Å². The van der Waals surface area contributed by atoms with Gasteiger partial charge in [0.25, 0.3) is 0 Å². The lowest BCUT2D eigenvalue weighted by atomic mass is 10.2. The third-order valence-corrected chi connectivity index (χ3v) is 2.29. The highest BCUT2D eigenvalue weighted by molar-refractivity contribution is 5.93. The van der Waals surface area contributed by atoms with Crippen molar-refractivity contribution < 1.29 is 14.3 Å². The second-order valence-electron chi connectivity index (χ2n) is 3.63. The smallest absolute Gasteiger partial charge is 0.339 e. The van der Waals surface area contributed by atoms with E-state index in [1.165, 1.54) is 36.7 Å². The van der Waals surface area contributed by atoms with Crippen molar-refractivity contribution in [1.29, 1.82) is 0 Å². The van der Waals surface area contributed by atoms with Crippen molar-refractivity contribution in [2.45, 2.75) is 0 Å². The predicted molar refractivity (Wildman–Crippen MR) is 68.8 cm³/mol. The molecule has 0 aliphatic rings. The summed E-state index contributed by atoms with van der Waals surface area (Å²) >= 11 is 0. The molecule has 0 fully saturated rings. The molecule has 0 aliphatic heterocycles. The third-order valence-electron chi connectivity index (χ3n) is 2.29. The number of nitrogens with one attached hydrogen (secondary N) is 1. The number of hydrazone groups is 1. The molecule has 0 saturated heterocycles. The van der Waals surface area contributed by atoms with E-state index in [1.807, 2.05) is 0 Å². The molecule has 6 heteroatoms. The number of aromatic carboxylic acids is 1. The number of carboxylic acid groups (broad SMARTS) is 1. The van der Waals surface area contributed by atoms with E-state index in [1.54, 1.807) is 12.1 Å². The molecule has 5 nitrogen and oxygen atoms in total. The van der Waals surface area contributed by atoms with Crippen molar-refractivity contribution in [3.05, 3.63) is 59.5 Å². The average molecular weight is 259 g/mol. The highest BCUT2D eigenvalue weighted by atomic mass is 19.1.